The van der Waals surface area contributed by atoms with Gasteiger partial charge in [0.25, 0.3) is 5.91 Å². The van der Waals surface area contributed by atoms with Crippen LogP contribution in [0.3, 0.4) is 0 Å². The molecule has 1 atom stereocenters. The number of amides is 2. The molecule has 1 aromatic heterocycles. The van der Waals surface area contributed by atoms with Crippen molar-refractivity contribution in [3.63, 3.8) is 0 Å². The van der Waals surface area contributed by atoms with E-state index >= 15 is 0 Å². The summed E-state index contributed by atoms with van der Waals surface area (Å²) in [7, 11) is 0. The molecule has 2 amide bonds. The number of rotatable bonds is 5. The van der Waals surface area contributed by atoms with E-state index in [9.17, 15) is 22.8 Å². The second-order valence-electron chi connectivity index (χ2n) is 5.03. The molecular weight excluding hydrogens is 301 g/mol. The van der Waals surface area contributed by atoms with E-state index in [0.717, 1.165) is 10.9 Å². The molecule has 0 saturated carbocycles. The van der Waals surface area contributed by atoms with Gasteiger partial charge in [-0.05, 0) is 27.7 Å². The van der Waals surface area contributed by atoms with Crippen LogP contribution in [0.15, 0.2) is 6.20 Å². The Balaban J connectivity index is 3.07. The van der Waals surface area contributed by atoms with E-state index in [2.05, 4.69) is 15.7 Å². The van der Waals surface area contributed by atoms with Gasteiger partial charge in [-0.15, -0.1) is 0 Å². The molecule has 124 valence electrons. The molecule has 1 heterocycles. The highest BCUT2D eigenvalue weighted by atomic mass is 19.4. The van der Waals surface area contributed by atoms with Crippen molar-refractivity contribution in [2.75, 3.05) is 6.54 Å². The van der Waals surface area contributed by atoms with Crippen molar-refractivity contribution in [3.8, 4) is 0 Å². The predicted octanol–water partition coefficient (Wildman–Crippen LogP) is 1.74. The smallest absolute Gasteiger partial charge is 0.355 e. The maximum atomic E-state index is 13.2. The van der Waals surface area contributed by atoms with Crippen molar-refractivity contribution in [1.82, 2.24) is 20.4 Å². The molecule has 0 unspecified atom stereocenters. The summed E-state index contributed by atoms with van der Waals surface area (Å²) in [6.45, 7) is 6.50. The average molecular weight is 320 g/mol. The molecule has 0 fully saturated rings. The minimum absolute atomic E-state index is 0.359. The van der Waals surface area contributed by atoms with E-state index in [0.29, 0.717) is 6.54 Å². The van der Waals surface area contributed by atoms with E-state index in [1.54, 1.807) is 6.92 Å². The van der Waals surface area contributed by atoms with Crippen LogP contribution in [-0.4, -0.2) is 34.2 Å². The summed E-state index contributed by atoms with van der Waals surface area (Å²) in [5.74, 6) is -1.46. The first-order valence-corrected chi connectivity index (χ1v) is 6.82. The molecule has 0 spiro atoms. The second kappa shape index (κ2) is 6.80. The van der Waals surface area contributed by atoms with Gasteiger partial charge in [-0.25, -0.2) is 0 Å². The Morgan fingerprint density at radius 1 is 1.32 bits per heavy atom. The minimum atomic E-state index is -4.72. The fraction of sp³-hybridized carbons (Fsp3) is 0.615. The molecule has 1 rings (SSSR count). The van der Waals surface area contributed by atoms with Crippen LogP contribution in [0.4, 0.5) is 13.2 Å². The number of aromatic nitrogens is 2. The average Bonchev–Trinajstić information content (AvgIpc) is 2.83. The quantitative estimate of drug-likeness (QED) is 0.867. The summed E-state index contributed by atoms with van der Waals surface area (Å²) >= 11 is 0. The van der Waals surface area contributed by atoms with E-state index in [4.69, 9.17) is 0 Å². The largest absolute Gasteiger partial charge is 0.433 e. The molecule has 0 saturated heterocycles. The summed E-state index contributed by atoms with van der Waals surface area (Å²) in [6, 6.07) is -1.50. The number of halogens is 3. The molecule has 0 bridgehead atoms. The van der Waals surface area contributed by atoms with E-state index in [1.807, 2.05) is 0 Å². The third-order valence-electron chi connectivity index (χ3n) is 2.89. The molecule has 1 aromatic rings. The molecule has 0 aliphatic carbocycles. The predicted molar refractivity (Wildman–Crippen MR) is 73.2 cm³/mol. The summed E-state index contributed by atoms with van der Waals surface area (Å²) < 4.78 is 40.2. The fourth-order valence-corrected chi connectivity index (χ4v) is 1.87. The second-order valence-corrected chi connectivity index (χ2v) is 5.03. The van der Waals surface area contributed by atoms with Crippen LogP contribution in [0.2, 0.25) is 0 Å². The molecule has 0 radical (unpaired) electrons. The Kier molecular flexibility index (Phi) is 5.56. The Bertz CT molecular complexity index is 552. The van der Waals surface area contributed by atoms with Crippen LogP contribution in [-0.2, 0) is 11.0 Å². The van der Waals surface area contributed by atoms with Crippen molar-refractivity contribution in [2.45, 2.75) is 46.0 Å². The molecule has 0 aromatic carbocycles. The van der Waals surface area contributed by atoms with Gasteiger partial charge in [0, 0.05) is 12.6 Å². The number of hydrogen-bond acceptors (Lipinski definition) is 3. The lowest BCUT2D eigenvalue weighted by atomic mass is 10.2. The van der Waals surface area contributed by atoms with Crippen molar-refractivity contribution < 1.29 is 22.8 Å². The number of nitrogens with one attached hydrogen (secondary N) is 2. The number of alkyl halides is 3. The van der Waals surface area contributed by atoms with Crippen molar-refractivity contribution in [3.05, 3.63) is 17.5 Å². The number of carbonyl (C=O) groups excluding carboxylic acids is 2. The van der Waals surface area contributed by atoms with E-state index < -0.39 is 41.3 Å². The minimum Gasteiger partial charge on any atom is -0.355 e. The van der Waals surface area contributed by atoms with Crippen molar-refractivity contribution >= 4 is 11.8 Å². The lowest BCUT2D eigenvalue weighted by Crippen LogP contribution is -2.45. The fourth-order valence-electron chi connectivity index (χ4n) is 1.87. The maximum absolute atomic E-state index is 13.2. The van der Waals surface area contributed by atoms with Gasteiger partial charge in [0.1, 0.15) is 6.04 Å². The molecule has 2 N–H and O–H groups in total. The van der Waals surface area contributed by atoms with Crippen LogP contribution in [0.5, 0.6) is 0 Å². The van der Waals surface area contributed by atoms with Gasteiger partial charge in [-0.1, -0.05) is 0 Å². The van der Waals surface area contributed by atoms with Crippen LogP contribution in [0, 0.1) is 0 Å². The van der Waals surface area contributed by atoms with E-state index in [-0.39, 0.29) is 0 Å². The highest BCUT2D eigenvalue weighted by Gasteiger charge is 2.40. The number of likely N-dealkylation sites (N-methyl/N-ethyl adjacent to an activating group) is 1. The molecule has 6 nitrogen and oxygen atoms in total. The van der Waals surface area contributed by atoms with Gasteiger partial charge in [0.05, 0.1) is 11.8 Å². The zero-order valence-electron chi connectivity index (χ0n) is 12.8. The highest BCUT2D eigenvalue weighted by Crippen LogP contribution is 2.33. The van der Waals surface area contributed by atoms with Crippen molar-refractivity contribution in [1.29, 1.82) is 0 Å². The summed E-state index contributed by atoms with van der Waals surface area (Å²) in [5, 5.41) is 8.34. The SMILES string of the molecule is CCNC(=O)[C@H](C)NC(=O)c1cnn(C(C)C)c1C(F)(F)F. The normalized spacial score (nSPS) is 13.1. The van der Waals surface area contributed by atoms with E-state index in [1.165, 1.54) is 20.8 Å². The van der Waals surface area contributed by atoms with Crippen molar-refractivity contribution in [2.24, 2.45) is 0 Å². The monoisotopic (exact) mass is 320 g/mol. The van der Waals surface area contributed by atoms with Crippen LogP contribution in [0.25, 0.3) is 0 Å². The van der Waals surface area contributed by atoms with Gasteiger partial charge in [-0.2, -0.15) is 18.3 Å². The van der Waals surface area contributed by atoms with Gasteiger partial charge in [0.2, 0.25) is 5.91 Å². The van der Waals surface area contributed by atoms with Crippen LogP contribution < -0.4 is 10.6 Å². The van der Waals surface area contributed by atoms with Gasteiger partial charge >= 0.3 is 6.18 Å². The third kappa shape index (κ3) is 3.99. The number of nitrogens with zero attached hydrogens (tertiary/aromatic N) is 2. The van der Waals surface area contributed by atoms with Crippen LogP contribution >= 0.6 is 0 Å². The Hall–Kier alpha value is -2.06. The first-order valence-electron chi connectivity index (χ1n) is 6.82. The number of hydrogen-bond donors (Lipinski definition) is 2. The zero-order valence-corrected chi connectivity index (χ0v) is 12.8. The molecule has 9 heteroatoms. The molecule has 0 aliphatic rings. The standard InChI is InChI=1S/C13H19F3N4O2/c1-5-17-11(21)8(4)19-12(22)9-6-18-20(7(2)3)10(9)13(14,15)16/h6-8H,5H2,1-4H3,(H,17,21)(H,19,22)/t8-/m0/s1. The lowest BCUT2D eigenvalue weighted by molar-refractivity contribution is -0.145. The number of carbonyl (C=O) groups is 2. The van der Waals surface area contributed by atoms with Gasteiger partial charge in [-0.3, -0.25) is 14.3 Å². The topological polar surface area (TPSA) is 76.0 Å². The molecular formula is C13H19F3N4O2. The third-order valence-corrected chi connectivity index (χ3v) is 2.89. The Morgan fingerprint density at radius 3 is 2.36 bits per heavy atom. The van der Waals surface area contributed by atoms with Gasteiger partial charge in [0.15, 0.2) is 5.69 Å². The summed E-state index contributed by atoms with van der Waals surface area (Å²) in [5.41, 5.74) is -1.72. The zero-order chi connectivity index (χ0) is 17.1. The Morgan fingerprint density at radius 2 is 1.91 bits per heavy atom. The maximum Gasteiger partial charge on any atom is 0.433 e. The molecule has 22 heavy (non-hydrogen) atoms. The first kappa shape index (κ1) is 18.0. The molecule has 0 aliphatic heterocycles. The highest BCUT2D eigenvalue weighted by molar-refractivity contribution is 5.98. The first-order chi connectivity index (χ1) is 10.1. The van der Waals surface area contributed by atoms with Gasteiger partial charge < -0.3 is 10.6 Å². The lowest BCUT2D eigenvalue weighted by Gasteiger charge is -2.16. The Labute approximate surface area is 126 Å². The summed E-state index contributed by atoms with van der Waals surface area (Å²) in [4.78, 5) is 23.6. The van der Waals surface area contributed by atoms with Crippen LogP contribution in [0.1, 0.15) is 49.8 Å². The summed E-state index contributed by atoms with van der Waals surface area (Å²) in [6.07, 6.45) is -3.86.